The van der Waals surface area contributed by atoms with Crippen LogP contribution >= 0.6 is 34.4 Å². The highest BCUT2D eigenvalue weighted by Crippen LogP contribution is 2.29. The first-order valence-corrected chi connectivity index (χ1v) is 11.4. The first kappa shape index (κ1) is 20.0. The third-order valence-corrected chi connectivity index (χ3v) is 7.45. The molecule has 0 aliphatic rings. The average molecular weight is 423 g/mol. The normalized spacial score (nSPS) is 12.2. The van der Waals surface area contributed by atoms with Gasteiger partial charge >= 0.3 is 0 Å². The number of nitrogens with one attached hydrogen (secondary N) is 2. The van der Waals surface area contributed by atoms with Crippen LogP contribution in [0.25, 0.3) is 0 Å². The quantitative estimate of drug-likeness (QED) is 0.515. The second-order valence-electron chi connectivity index (χ2n) is 5.90. The number of aromatic nitrogens is 4. The van der Waals surface area contributed by atoms with Crippen molar-refractivity contribution in [3.8, 4) is 0 Å². The fourth-order valence-electron chi connectivity index (χ4n) is 1.31. The molecule has 0 unspecified atom stereocenters. The van der Waals surface area contributed by atoms with Crippen LogP contribution in [0.1, 0.15) is 34.1 Å². The summed E-state index contributed by atoms with van der Waals surface area (Å²) in [5, 5.41) is 17.9. The topological polar surface area (TPSA) is 127 Å². The van der Waals surface area contributed by atoms with Crippen LogP contribution in [0.5, 0.6) is 0 Å². The van der Waals surface area contributed by atoms with Crippen molar-refractivity contribution < 1.29 is 13.2 Å². The van der Waals surface area contributed by atoms with Gasteiger partial charge in [-0.05, 0) is 6.42 Å². The highest BCUT2D eigenvalue weighted by molar-refractivity contribution is 8.01. The molecule has 1 amide bonds. The number of hydrogen-bond acceptors (Lipinski definition) is 10. The summed E-state index contributed by atoms with van der Waals surface area (Å²) in [4.78, 5) is 11.9. The molecule has 2 aromatic rings. The van der Waals surface area contributed by atoms with Crippen molar-refractivity contribution in [1.82, 2.24) is 20.4 Å². The first-order valence-electron chi connectivity index (χ1n) is 7.26. The highest BCUT2D eigenvalue weighted by Gasteiger charge is 2.26. The van der Waals surface area contributed by atoms with Gasteiger partial charge in [-0.2, -0.15) is 8.42 Å². The van der Waals surface area contributed by atoms with E-state index in [2.05, 4.69) is 30.4 Å². The van der Waals surface area contributed by atoms with Gasteiger partial charge < -0.3 is 5.32 Å². The van der Waals surface area contributed by atoms with Gasteiger partial charge in [0.1, 0.15) is 0 Å². The number of anilines is 2. The smallest absolute Gasteiger partial charge is 0.293 e. The Morgan fingerprint density at radius 3 is 2.44 bits per heavy atom. The maximum Gasteiger partial charge on any atom is 0.293 e. The summed E-state index contributed by atoms with van der Waals surface area (Å²) in [6.07, 6.45) is 0.985. The fraction of sp³-hybridized carbons (Fsp3) is 0.583. The number of thioether (sulfide) groups is 1. The predicted octanol–water partition coefficient (Wildman–Crippen LogP) is 2.68. The van der Waals surface area contributed by atoms with Gasteiger partial charge in [0, 0.05) is 11.2 Å². The molecule has 2 N–H and O–H groups in total. The molecule has 2 heterocycles. The number of rotatable bonds is 7. The lowest BCUT2D eigenvalue weighted by Crippen LogP contribution is -2.27. The second kappa shape index (κ2) is 7.93. The second-order valence-corrected chi connectivity index (χ2v) is 11.1. The van der Waals surface area contributed by atoms with Crippen LogP contribution in [-0.4, -0.2) is 40.5 Å². The Kier molecular flexibility index (Phi) is 6.35. The summed E-state index contributed by atoms with van der Waals surface area (Å²) in [6, 6.07) is 0. The number of sulfonamides is 1. The molecule has 0 bridgehead atoms. The summed E-state index contributed by atoms with van der Waals surface area (Å²) in [5.41, 5.74) is -0.623. The SMILES string of the molecule is CCCSc1nnc(NS(=O)(=O)c2nnc(NC(=O)C(C)(C)C)s2)s1. The van der Waals surface area contributed by atoms with Gasteiger partial charge in [0.05, 0.1) is 0 Å². The zero-order valence-electron chi connectivity index (χ0n) is 14.1. The van der Waals surface area contributed by atoms with Gasteiger partial charge in [0.15, 0.2) is 4.34 Å². The molecular formula is C12H18N6O3S4. The molecule has 0 aliphatic heterocycles. The fourth-order valence-corrected chi connectivity index (χ4v) is 5.11. The van der Waals surface area contributed by atoms with Gasteiger partial charge in [0.2, 0.25) is 16.2 Å². The molecule has 0 spiro atoms. The molecule has 0 radical (unpaired) electrons. The minimum atomic E-state index is -3.93. The van der Waals surface area contributed by atoms with E-state index in [0.717, 1.165) is 34.8 Å². The number of hydrogen-bond donors (Lipinski definition) is 2. The van der Waals surface area contributed by atoms with E-state index in [1.54, 1.807) is 20.8 Å². The van der Waals surface area contributed by atoms with Crippen LogP contribution in [0.4, 0.5) is 10.3 Å². The Morgan fingerprint density at radius 2 is 1.80 bits per heavy atom. The van der Waals surface area contributed by atoms with E-state index >= 15 is 0 Å². The maximum atomic E-state index is 12.3. The molecule has 0 saturated carbocycles. The van der Waals surface area contributed by atoms with Crippen molar-refractivity contribution >= 4 is 60.6 Å². The van der Waals surface area contributed by atoms with Gasteiger partial charge in [-0.25, -0.2) is 0 Å². The molecule has 25 heavy (non-hydrogen) atoms. The Labute approximate surface area is 158 Å². The average Bonchev–Trinajstić information content (AvgIpc) is 3.13. The van der Waals surface area contributed by atoms with Crippen molar-refractivity contribution in [2.45, 2.75) is 42.8 Å². The lowest BCUT2D eigenvalue weighted by molar-refractivity contribution is -0.123. The van der Waals surface area contributed by atoms with E-state index in [4.69, 9.17) is 0 Å². The number of amides is 1. The summed E-state index contributed by atoms with van der Waals surface area (Å²) in [5.74, 6) is 0.608. The van der Waals surface area contributed by atoms with E-state index < -0.39 is 15.4 Å². The van der Waals surface area contributed by atoms with Crippen molar-refractivity contribution in [3.63, 3.8) is 0 Å². The molecule has 2 rings (SSSR count). The van der Waals surface area contributed by atoms with Crippen LogP contribution in [0.3, 0.4) is 0 Å². The number of carbonyl (C=O) groups excluding carboxylic acids is 1. The molecule has 13 heteroatoms. The van der Waals surface area contributed by atoms with Crippen molar-refractivity contribution in [2.24, 2.45) is 5.41 Å². The molecule has 0 saturated heterocycles. The minimum absolute atomic E-state index is 0.122. The largest absolute Gasteiger partial charge is 0.300 e. The van der Waals surface area contributed by atoms with Crippen LogP contribution in [0, 0.1) is 5.41 Å². The third-order valence-electron chi connectivity index (χ3n) is 2.60. The Balaban J connectivity index is 2.07. The predicted molar refractivity (Wildman–Crippen MR) is 99.7 cm³/mol. The third kappa shape index (κ3) is 5.59. The van der Waals surface area contributed by atoms with E-state index in [0.29, 0.717) is 4.34 Å². The zero-order valence-corrected chi connectivity index (χ0v) is 17.3. The molecular weight excluding hydrogens is 404 g/mol. The molecule has 0 aromatic carbocycles. The van der Waals surface area contributed by atoms with E-state index in [9.17, 15) is 13.2 Å². The van der Waals surface area contributed by atoms with E-state index in [-0.39, 0.29) is 20.5 Å². The molecule has 0 aliphatic carbocycles. The van der Waals surface area contributed by atoms with E-state index in [1.807, 2.05) is 6.92 Å². The minimum Gasteiger partial charge on any atom is -0.300 e. The summed E-state index contributed by atoms with van der Waals surface area (Å²) < 4.78 is 27.4. The molecule has 138 valence electrons. The lowest BCUT2D eigenvalue weighted by Gasteiger charge is -2.15. The van der Waals surface area contributed by atoms with Gasteiger partial charge in [-0.15, -0.1) is 20.4 Å². The van der Waals surface area contributed by atoms with Crippen LogP contribution in [0.15, 0.2) is 8.68 Å². The summed E-state index contributed by atoms with van der Waals surface area (Å²) >= 11 is 3.44. The number of nitrogens with zero attached hydrogens (tertiary/aromatic N) is 4. The highest BCUT2D eigenvalue weighted by atomic mass is 32.2. The summed E-state index contributed by atoms with van der Waals surface area (Å²) in [7, 11) is -3.93. The lowest BCUT2D eigenvalue weighted by atomic mass is 9.96. The molecule has 9 nitrogen and oxygen atoms in total. The van der Waals surface area contributed by atoms with Gasteiger partial charge in [-0.3, -0.25) is 9.52 Å². The zero-order chi connectivity index (χ0) is 18.7. The molecule has 0 atom stereocenters. The molecule has 0 fully saturated rings. The number of carbonyl (C=O) groups is 1. The Bertz CT molecular complexity index is 839. The van der Waals surface area contributed by atoms with Crippen LogP contribution in [0.2, 0.25) is 0 Å². The van der Waals surface area contributed by atoms with Crippen LogP contribution in [-0.2, 0) is 14.8 Å². The van der Waals surface area contributed by atoms with Crippen molar-refractivity contribution in [2.75, 3.05) is 15.8 Å². The van der Waals surface area contributed by atoms with Gasteiger partial charge in [-0.1, -0.05) is 62.1 Å². The molecule has 2 aromatic heterocycles. The first-order chi connectivity index (χ1) is 11.6. The van der Waals surface area contributed by atoms with Crippen LogP contribution < -0.4 is 10.0 Å². The summed E-state index contributed by atoms with van der Waals surface area (Å²) in [6.45, 7) is 7.27. The standard InChI is InChI=1S/C12H18N6O3S4/c1-5-6-22-10-16-15-9(23-10)18-25(20,21)11-17-14-8(24-11)13-7(19)12(2,3)4/h5-6H2,1-4H3,(H,15,18)(H,13,14,19). The Morgan fingerprint density at radius 1 is 1.12 bits per heavy atom. The monoisotopic (exact) mass is 422 g/mol. The van der Waals surface area contributed by atoms with Crippen molar-refractivity contribution in [1.29, 1.82) is 0 Å². The Hall–Kier alpha value is -1.31. The van der Waals surface area contributed by atoms with Gasteiger partial charge in [0.25, 0.3) is 14.4 Å². The van der Waals surface area contributed by atoms with E-state index in [1.165, 1.54) is 11.8 Å². The maximum absolute atomic E-state index is 12.3. The van der Waals surface area contributed by atoms with Crippen molar-refractivity contribution in [3.05, 3.63) is 0 Å².